The van der Waals surface area contributed by atoms with Crippen molar-refractivity contribution >= 4 is 25.2 Å². The maximum atomic E-state index is 13.9. The van der Waals surface area contributed by atoms with Crippen molar-refractivity contribution in [2.75, 3.05) is 0 Å². The molecule has 0 saturated carbocycles. The molecule has 2 aromatic carbocycles. The predicted molar refractivity (Wildman–Crippen MR) is 145 cm³/mol. The van der Waals surface area contributed by atoms with Crippen molar-refractivity contribution in [2.24, 2.45) is 0 Å². The number of fused-ring (bicyclic) bond motifs is 1. The molecule has 188 valence electrons. The van der Waals surface area contributed by atoms with E-state index in [9.17, 15) is 14.3 Å². The van der Waals surface area contributed by atoms with Crippen LogP contribution in [0.1, 0.15) is 53.3 Å². The number of nitrogens with zero attached hydrogens (tertiary/aromatic N) is 1. The number of aromatic nitrogens is 1. The Balaban J connectivity index is 2.45. The van der Waals surface area contributed by atoms with E-state index >= 15 is 0 Å². The zero-order valence-corrected chi connectivity index (χ0v) is 23.1. The van der Waals surface area contributed by atoms with Crippen LogP contribution in [-0.2, 0) is 14.6 Å². The summed E-state index contributed by atoms with van der Waals surface area (Å²) in [7, 11) is -2.36. The molecule has 0 aliphatic heterocycles. The Kier molecular flexibility index (Phi) is 7.22. The first-order chi connectivity index (χ1) is 16.2. The van der Waals surface area contributed by atoms with Crippen LogP contribution >= 0.6 is 0 Å². The SMILES string of the molecule is C=C[C@H](O[Si](C)(C)C(C)(C)C)C(C)(C(=O)O)c1c(-c2ccc(F)cc2)c2ccccc2n1C(C)C. The summed E-state index contributed by atoms with van der Waals surface area (Å²) in [6.07, 6.45) is 0.854. The van der Waals surface area contributed by atoms with Crippen molar-refractivity contribution in [1.82, 2.24) is 4.57 Å². The van der Waals surface area contributed by atoms with E-state index in [1.54, 1.807) is 25.1 Å². The Morgan fingerprint density at radius 1 is 1.09 bits per heavy atom. The van der Waals surface area contributed by atoms with E-state index in [0.717, 1.165) is 22.0 Å². The lowest BCUT2D eigenvalue weighted by Gasteiger charge is -2.43. The molecule has 3 rings (SSSR count). The Bertz CT molecular complexity index is 1240. The molecule has 0 amide bonds. The van der Waals surface area contributed by atoms with E-state index in [1.807, 2.05) is 38.1 Å². The number of halogens is 1. The van der Waals surface area contributed by atoms with Crippen LogP contribution in [-0.4, -0.2) is 30.1 Å². The summed E-state index contributed by atoms with van der Waals surface area (Å²) in [5.74, 6) is -1.33. The second kappa shape index (κ2) is 9.39. The monoisotopic (exact) mass is 495 g/mol. The van der Waals surface area contributed by atoms with Gasteiger partial charge in [-0.05, 0) is 62.7 Å². The lowest BCUT2D eigenvalue weighted by molar-refractivity contribution is -0.146. The molecule has 4 nitrogen and oxygen atoms in total. The van der Waals surface area contributed by atoms with Crippen molar-refractivity contribution in [3.05, 3.63) is 72.7 Å². The van der Waals surface area contributed by atoms with Gasteiger partial charge in [0.05, 0.1) is 6.10 Å². The van der Waals surface area contributed by atoms with Gasteiger partial charge in [0.25, 0.3) is 0 Å². The summed E-state index contributed by atoms with van der Waals surface area (Å²) in [6.45, 7) is 20.5. The summed E-state index contributed by atoms with van der Waals surface area (Å²) >= 11 is 0. The molecular formula is C29H38FNO3Si. The average molecular weight is 496 g/mol. The lowest BCUT2D eigenvalue weighted by atomic mass is 9.77. The summed E-state index contributed by atoms with van der Waals surface area (Å²) in [6, 6.07) is 14.1. The molecule has 0 fully saturated rings. The van der Waals surface area contributed by atoms with E-state index < -0.39 is 25.8 Å². The van der Waals surface area contributed by atoms with Crippen molar-refractivity contribution < 1.29 is 18.7 Å². The molecule has 2 atom stereocenters. The highest BCUT2D eigenvalue weighted by atomic mass is 28.4. The number of para-hydroxylation sites is 1. The van der Waals surface area contributed by atoms with Crippen LogP contribution in [0.15, 0.2) is 61.2 Å². The minimum absolute atomic E-state index is 0.0268. The van der Waals surface area contributed by atoms with Crippen molar-refractivity contribution in [3.8, 4) is 11.1 Å². The van der Waals surface area contributed by atoms with E-state index in [0.29, 0.717) is 5.69 Å². The van der Waals surface area contributed by atoms with Gasteiger partial charge in [-0.25, -0.2) is 4.39 Å². The maximum Gasteiger partial charge on any atom is 0.318 e. The molecule has 1 N–H and O–H groups in total. The Hall–Kier alpha value is -2.70. The van der Waals surface area contributed by atoms with Gasteiger partial charge in [-0.1, -0.05) is 57.2 Å². The standard InChI is InChI=1S/C29H38FNO3Si/c1-10-24(34-35(8,9)28(4,5)6)29(7,27(32)33)26-25(20-15-17-21(30)18-16-20)22-13-11-12-14-23(22)31(26)19(2)3/h10-19,24H,1H2,2-9H3,(H,32,33)/t24-,29?/m0/s1. The number of carbonyl (C=O) groups is 1. The smallest absolute Gasteiger partial charge is 0.318 e. The first-order valence-electron chi connectivity index (χ1n) is 12.1. The van der Waals surface area contributed by atoms with Gasteiger partial charge in [0.2, 0.25) is 0 Å². The molecule has 0 aliphatic rings. The molecule has 0 saturated heterocycles. The average Bonchev–Trinajstić information content (AvgIpc) is 3.12. The lowest BCUT2D eigenvalue weighted by Crippen LogP contribution is -2.53. The number of rotatable bonds is 8. The topological polar surface area (TPSA) is 51.5 Å². The van der Waals surface area contributed by atoms with Gasteiger partial charge in [0, 0.05) is 28.2 Å². The van der Waals surface area contributed by atoms with Gasteiger partial charge in [-0.15, -0.1) is 6.58 Å². The number of carboxylic acid groups (broad SMARTS) is 1. The van der Waals surface area contributed by atoms with Gasteiger partial charge in [-0.3, -0.25) is 4.79 Å². The normalized spacial score (nSPS) is 15.3. The number of hydrogen-bond acceptors (Lipinski definition) is 2. The fourth-order valence-electron chi connectivity index (χ4n) is 4.47. The molecule has 1 aromatic heterocycles. The molecule has 0 bridgehead atoms. The third-order valence-corrected chi connectivity index (χ3v) is 12.0. The second-order valence-corrected chi connectivity index (χ2v) is 16.0. The molecule has 0 radical (unpaired) electrons. The number of hydrogen-bond donors (Lipinski definition) is 1. The quantitative estimate of drug-likeness (QED) is 0.255. The zero-order chi connectivity index (χ0) is 26.3. The van der Waals surface area contributed by atoms with E-state index in [-0.39, 0.29) is 16.9 Å². The summed E-state index contributed by atoms with van der Waals surface area (Å²) in [5.41, 5.74) is 1.66. The van der Waals surface area contributed by atoms with Gasteiger partial charge < -0.3 is 14.1 Å². The molecular weight excluding hydrogens is 457 g/mol. The highest BCUT2D eigenvalue weighted by Crippen LogP contribution is 2.47. The Labute approximate surface area is 209 Å². The Morgan fingerprint density at radius 3 is 2.14 bits per heavy atom. The minimum Gasteiger partial charge on any atom is -0.480 e. The van der Waals surface area contributed by atoms with Crippen LogP contribution in [0.3, 0.4) is 0 Å². The van der Waals surface area contributed by atoms with E-state index in [4.69, 9.17) is 4.43 Å². The second-order valence-electron chi connectivity index (χ2n) is 11.3. The van der Waals surface area contributed by atoms with Crippen molar-refractivity contribution in [3.63, 3.8) is 0 Å². The third kappa shape index (κ3) is 4.61. The third-order valence-electron chi connectivity index (χ3n) is 7.51. The van der Waals surface area contributed by atoms with E-state index in [1.165, 1.54) is 12.1 Å². The maximum absolute atomic E-state index is 13.9. The van der Waals surface area contributed by atoms with E-state index in [2.05, 4.69) is 45.0 Å². The molecule has 0 aliphatic carbocycles. The van der Waals surface area contributed by atoms with Gasteiger partial charge in [0.1, 0.15) is 11.2 Å². The van der Waals surface area contributed by atoms with Gasteiger partial charge in [-0.2, -0.15) is 0 Å². The largest absolute Gasteiger partial charge is 0.480 e. The highest BCUT2D eigenvalue weighted by Gasteiger charge is 2.51. The van der Waals surface area contributed by atoms with Crippen LogP contribution in [0.25, 0.3) is 22.0 Å². The minimum atomic E-state index is -2.36. The Morgan fingerprint density at radius 2 is 1.66 bits per heavy atom. The van der Waals surface area contributed by atoms with Crippen LogP contribution in [0.4, 0.5) is 4.39 Å². The van der Waals surface area contributed by atoms with Crippen LogP contribution in [0.5, 0.6) is 0 Å². The molecule has 3 aromatic rings. The zero-order valence-electron chi connectivity index (χ0n) is 22.1. The fourth-order valence-corrected chi connectivity index (χ4v) is 5.79. The summed E-state index contributed by atoms with van der Waals surface area (Å²) < 4.78 is 22.7. The van der Waals surface area contributed by atoms with Gasteiger partial charge >= 0.3 is 5.97 Å². The molecule has 35 heavy (non-hydrogen) atoms. The van der Waals surface area contributed by atoms with Crippen LogP contribution in [0.2, 0.25) is 18.1 Å². The predicted octanol–water partition coefficient (Wildman–Crippen LogP) is 7.95. The first kappa shape index (κ1) is 26.9. The summed E-state index contributed by atoms with van der Waals surface area (Å²) in [4.78, 5) is 13.3. The van der Waals surface area contributed by atoms with Crippen LogP contribution in [0, 0.1) is 5.82 Å². The number of benzene rings is 2. The molecule has 1 heterocycles. The van der Waals surface area contributed by atoms with Crippen molar-refractivity contribution in [1.29, 1.82) is 0 Å². The van der Waals surface area contributed by atoms with Crippen LogP contribution < -0.4 is 0 Å². The summed E-state index contributed by atoms with van der Waals surface area (Å²) in [5, 5.41) is 11.7. The van der Waals surface area contributed by atoms with Crippen molar-refractivity contribution in [2.45, 2.75) is 77.2 Å². The van der Waals surface area contributed by atoms with Gasteiger partial charge in [0.15, 0.2) is 8.32 Å². The number of carboxylic acids is 1. The highest BCUT2D eigenvalue weighted by molar-refractivity contribution is 6.74. The first-order valence-corrected chi connectivity index (χ1v) is 15.0. The fraction of sp³-hybridized carbons (Fsp3) is 0.414. The molecule has 6 heteroatoms. The molecule has 0 spiro atoms. The molecule has 1 unspecified atom stereocenters. The number of aliphatic carboxylic acids is 1.